The second kappa shape index (κ2) is 8.89. The highest BCUT2D eigenvalue weighted by atomic mass is 32.2. The van der Waals surface area contributed by atoms with E-state index in [2.05, 4.69) is 25.6 Å². The SMILES string of the molecule is CCc1nn2c(=O)cc(CSc3nnc(NC(=O)C(CC)CC)s3)nc2s1. The number of hydrogen-bond acceptors (Lipinski definition) is 9. The predicted molar refractivity (Wildman–Crippen MR) is 109 cm³/mol. The van der Waals surface area contributed by atoms with Crippen molar-refractivity contribution >= 4 is 50.4 Å². The Morgan fingerprint density at radius 1 is 1.26 bits per heavy atom. The fourth-order valence-electron chi connectivity index (χ4n) is 2.43. The first-order valence-corrected chi connectivity index (χ1v) is 11.3. The Morgan fingerprint density at radius 2 is 2.04 bits per heavy atom. The molecule has 0 spiro atoms. The Balaban J connectivity index is 1.65. The number of carbonyl (C=O) groups excluding carboxylic acids is 1. The predicted octanol–water partition coefficient (Wildman–Crippen LogP) is 3.23. The van der Waals surface area contributed by atoms with E-state index in [0.717, 1.165) is 28.6 Å². The zero-order valence-corrected chi connectivity index (χ0v) is 17.7. The zero-order chi connectivity index (χ0) is 19.4. The van der Waals surface area contributed by atoms with Gasteiger partial charge in [0.15, 0.2) is 4.34 Å². The van der Waals surface area contributed by atoms with Crippen molar-refractivity contribution in [2.75, 3.05) is 5.32 Å². The van der Waals surface area contributed by atoms with Crippen molar-refractivity contribution in [1.29, 1.82) is 0 Å². The van der Waals surface area contributed by atoms with Crippen LogP contribution in [0.5, 0.6) is 0 Å². The minimum absolute atomic E-state index is 0.0127. The molecule has 0 aliphatic heterocycles. The molecule has 0 aromatic carbocycles. The molecule has 0 atom stereocenters. The summed E-state index contributed by atoms with van der Waals surface area (Å²) in [6.07, 6.45) is 2.36. The molecule has 0 saturated heterocycles. The monoisotopic (exact) mass is 424 g/mol. The van der Waals surface area contributed by atoms with Crippen LogP contribution in [0.4, 0.5) is 5.13 Å². The lowest BCUT2D eigenvalue weighted by Crippen LogP contribution is -2.21. The van der Waals surface area contributed by atoms with Crippen molar-refractivity contribution in [3.8, 4) is 0 Å². The van der Waals surface area contributed by atoms with E-state index in [0.29, 0.717) is 21.5 Å². The molecule has 0 unspecified atom stereocenters. The average molecular weight is 425 g/mol. The molecular formula is C16H20N6O2S3. The summed E-state index contributed by atoms with van der Waals surface area (Å²) in [5.41, 5.74) is 0.496. The number of aromatic nitrogens is 5. The van der Waals surface area contributed by atoms with Gasteiger partial charge in [-0.15, -0.1) is 10.2 Å². The summed E-state index contributed by atoms with van der Waals surface area (Å²) in [7, 11) is 0. The third kappa shape index (κ3) is 4.71. The summed E-state index contributed by atoms with van der Waals surface area (Å²) in [5, 5.41) is 16.6. The lowest BCUT2D eigenvalue weighted by atomic mass is 10.0. The molecule has 1 amide bonds. The second-order valence-corrected chi connectivity index (χ2v) is 9.03. The van der Waals surface area contributed by atoms with Gasteiger partial charge in [-0.1, -0.05) is 55.2 Å². The van der Waals surface area contributed by atoms with Crippen LogP contribution < -0.4 is 10.9 Å². The molecule has 0 aliphatic carbocycles. The number of thioether (sulfide) groups is 1. The van der Waals surface area contributed by atoms with Crippen LogP contribution in [-0.2, 0) is 17.0 Å². The number of nitrogens with one attached hydrogen (secondary N) is 1. The van der Waals surface area contributed by atoms with E-state index in [4.69, 9.17) is 0 Å². The number of hydrogen-bond donors (Lipinski definition) is 1. The average Bonchev–Trinajstić information content (AvgIpc) is 3.27. The van der Waals surface area contributed by atoms with Crippen LogP contribution in [0, 0.1) is 5.92 Å². The first-order chi connectivity index (χ1) is 13.0. The molecule has 0 saturated carbocycles. The Bertz CT molecular complexity index is 992. The molecule has 3 aromatic heterocycles. The van der Waals surface area contributed by atoms with Gasteiger partial charge in [-0.25, -0.2) is 4.98 Å². The smallest absolute Gasteiger partial charge is 0.275 e. The maximum atomic E-state index is 12.2. The summed E-state index contributed by atoms with van der Waals surface area (Å²) in [4.78, 5) is 29.4. The first-order valence-electron chi connectivity index (χ1n) is 8.69. The summed E-state index contributed by atoms with van der Waals surface area (Å²) < 4.78 is 2.06. The largest absolute Gasteiger partial charge is 0.300 e. The van der Waals surface area contributed by atoms with Gasteiger partial charge in [0.25, 0.3) is 5.56 Å². The van der Waals surface area contributed by atoms with Crippen LogP contribution in [-0.4, -0.2) is 30.7 Å². The van der Waals surface area contributed by atoms with Crippen molar-refractivity contribution in [3.63, 3.8) is 0 Å². The zero-order valence-electron chi connectivity index (χ0n) is 15.3. The van der Waals surface area contributed by atoms with Crippen molar-refractivity contribution in [1.82, 2.24) is 24.8 Å². The molecule has 1 N–H and O–H groups in total. The van der Waals surface area contributed by atoms with Crippen LogP contribution in [0.1, 0.15) is 44.3 Å². The van der Waals surface area contributed by atoms with Gasteiger partial charge in [0.2, 0.25) is 16.0 Å². The molecular weight excluding hydrogens is 404 g/mol. The lowest BCUT2D eigenvalue weighted by molar-refractivity contribution is -0.120. The Hall–Kier alpha value is -1.85. The van der Waals surface area contributed by atoms with Crippen molar-refractivity contribution in [2.45, 2.75) is 50.1 Å². The minimum Gasteiger partial charge on any atom is -0.300 e. The van der Waals surface area contributed by atoms with Crippen LogP contribution >= 0.6 is 34.4 Å². The molecule has 8 nitrogen and oxygen atoms in total. The van der Waals surface area contributed by atoms with Gasteiger partial charge in [-0.2, -0.15) is 9.61 Å². The number of rotatable bonds is 8. The molecule has 11 heteroatoms. The van der Waals surface area contributed by atoms with E-state index in [1.165, 1.54) is 45.0 Å². The van der Waals surface area contributed by atoms with E-state index in [1.807, 2.05) is 20.8 Å². The number of nitrogens with zero attached hydrogens (tertiary/aromatic N) is 5. The van der Waals surface area contributed by atoms with Crippen LogP contribution in [0.2, 0.25) is 0 Å². The fourth-order valence-corrected chi connectivity index (χ4v) is 4.94. The summed E-state index contributed by atoms with van der Waals surface area (Å²) in [6.45, 7) is 5.98. The second-order valence-electron chi connectivity index (χ2n) is 5.79. The summed E-state index contributed by atoms with van der Waals surface area (Å²) in [5.74, 6) is 0.464. The molecule has 0 aliphatic rings. The number of fused-ring (bicyclic) bond motifs is 1. The topological polar surface area (TPSA) is 102 Å². The van der Waals surface area contributed by atoms with E-state index >= 15 is 0 Å². The lowest BCUT2D eigenvalue weighted by Gasteiger charge is -2.09. The summed E-state index contributed by atoms with van der Waals surface area (Å²) in [6, 6.07) is 1.50. The number of anilines is 1. The summed E-state index contributed by atoms with van der Waals surface area (Å²) >= 11 is 4.18. The van der Waals surface area contributed by atoms with Crippen LogP contribution in [0.3, 0.4) is 0 Å². The molecule has 144 valence electrons. The molecule has 0 fully saturated rings. The van der Waals surface area contributed by atoms with Gasteiger partial charge in [0.1, 0.15) is 5.01 Å². The van der Waals surface area contributed by atoms with E-state index in [1.54, 1.807) is 0 Å². The normalized spacial score (nSPS) is 11.4. The highest BCUT2D eigenvalue weighted by molar-refractivity contribution is 8.00. The van der Waals surface area contributed by atoms with Gasteiger partial charge in [0, 0.05) is 17.7 Å². The quantitative estimate of drug-likeness (QED) is 0.437. The number of aryl methyl sites for hydroxylation is 1. The number of amides is 1. The van der Waals surface area contributed by atoms with E-state index in [-0.39, 0.29) is 17.4 Å². The third-order valence-electron chi connectivity index (χ3n) is 3.98. The van der Waals surface area contributed by atoms with Crippen molar-refractivity contribution < 1.29 is 4.79 Å². The third-order valence-corrected chi connectivity index (χ3v) is 7.04. The van der Waals surface area contributed by atoms with Crippen molar-refractivity contribution in [3.05, 3.63) is 27.1 Å². The van der Waals surface area contributed by atoms with Gasteiger partial charge >= 0.3 is 0 Å². The Labute approximate surface area is 168 Å². The maximum Gasteiger partial charge on any atom is 0.275 e. The number of carbonyl (C=O) groups is 1. The minimum atomic E-state index is -0.179. The standard InChI is InChI=1S/C16H20N6O2S3/c1-4-9(5-2)13(24)18-14-19-20-16(27-14)25-8-10-7-12(23)22-15(17-10)26-11(6-3)21-22/h7,9H,4-6,8H2,1-3H3,(H,18,19,24). The Morgan fingerprint density at radius 3 is 2.74 bits per heavy atom. The highest BCUT2D eigenvalue weighted by Crippen LogP contribution is 2.28. The molecule has 0 bridgehead atoms. The maximum absolute atomic E-state index is 12.2. The van der Waals surface area contributed by atoms with E-state index < -0.39 is 0 Å². The van der Waals surface area contributed by atoms with Gasteiger partial charge in [-0.05, 0) is 19.3 Å². The van der Waals surface area contributed by atoms with Gasteiger partial charge in [-0.3, -0.25) is 9.59 Å². The molecule has 3 aromatic rings. The molecule has 0 radical (unpaired) electrons. The fraction of sp³-hybridized carbons (Fsp3) is 0.500. The molecule has 3 heterocycles. The molecule has 27 heavy (non-hydrogen) atoms. The van der Waals surface area contributed by atoms with Gasteiger partial charge < -0.3 is 5.32 Å². The van der Waals surface area contributed by atoms with Crippen molar-refractivity contribution in [2.24, 2.45) is 5.92 Å². The molecule has 3 rings (SSSR count). The van der Waals surface area contributed by atoms with Crippen LogP contribution in [0.25, 0.3) is 4.96 Å². The highest BCUT2D eigenvalue weighted by Gasteiger charge is 2.16. The van der Waals surface area contributed by atoms with Gasteiger partial charge in [0.05, 0.1) is 5.69 Å². The first kappa shape index (κ1) is 19.9. The van der Waals surface area contributed by atoms with Crippen LogP contribution in [0.15, 0.2) is 15.2 Å². The van der Waals surface area contributed by atoms with E-state index in [9.17, 15) is 9.59 Å². The Kier molecular flexibility index (Phi) is 6.55.